The first-order valence-corrected chi connectivity index (χ1v) is 4.33. The molecule has 3 heteroatoms. The number of nitrogens with one attached hydrogen (secondary N) is 1. The second kappa shape index (κ2) is 3.93. The summed E-state index contributed by atoms with van der Waals surface area (Å²) >= 11 is 0. The molecule has 0 aromatic heterocycles. The Morgan fingerprint density at radius 3 is 2.21 bits per heavy atom. The predicted octanol–water partition coefficient (Wildman–Crippen LogP) is 2.13. The molecule has 1 aromatic carbocycles. The van der Waals surface area contributed by atoms with Gasteiger partial charge >= 0.3 is 0 Å². The van der Waals surface area contributed by atoms with E-state index in [2.05, 4.69) is 11.4 Å². The van der Waals surface area contributed by atoms with E-state index in [1.807, 2.05) is 13.8 Å². The van der Waals surface area contributed by atoms with E-state index in [0.29, 0.717) is 5.56 Å². The molecule has 0 radical (unpaired) electrons. The maximum atomic E-state index is 10.8. The third kappa shape index (κ3) is 2.11. The summed E-state index contributed by atoms with van der Waals surface area (Å²) in [4.78, 5) is 10.8. The van der Waals surface area contributed by atoms with Crippen LogP contribution >= 0.6 is 0 Å². The number of amides is 1. The van der Waals surface area contributed by atoms with E-state index < -0.39 is 0 Å². The average Bonchev–Trinajstić information content (AvgIpc) is 2.01. The van der Waals surface area contributed by atoms with E-state index in [1.165, 1.54) is 6.92 Å². The summed E-state index contributed by atoms with van der Waals surface area (Å²) in [5, 5.41) is 11.5. The second-order valence-corrected chi connectivity index (χ2v) is 3.28. The fourth-order valence-electron chi connectivity index (χ4n) is 1.42. The molecule has 1 aromatic rings. The van der Waals surface area contributed by atoms with Crippen LogP contribution in [0.15, 0.2) is 12.1 Å². The van der Waals surface area contributed by atoms with Gasteiger partial charge in [0.15, 0.2) is 0 Å². The first-order valence-electron chi connectivity index (χ1n) is 4.33. The van der Waals surface area contributed by atoms with Gasteiger partial charge in [-0.15, -0.1) is 0 Å². The molecule has 0 saturated heterocycles. The molecule has 0 saturated carbocycles. The Kier molecular flexibility index (Phi) is 2.88. The molecule has 1 rings (SSSR count). The van der Waals surface area contributed by atoms with Crippen LogP contribution in [0.25, 0.3) is 0 Å². The smallest absolute Gasteiger partial charge is 0.221 e. The summed E-state index contributed by atoms with van der Waals surface area (Å²) in [6.45, 7) is 5.18. The molecule has 0 spiro atoms. The summed E-state index contributed by atoms with van der Waals surface area (Å²) in [6.07, 6.45) is 0. The monoisotopic (exact) mass is 188 g/mol. The molecule has 0 unspecified atom stereocenters. The van der Waals surface area contributed by atoms with E-state index >= 15 is 0 Å². The number of anilines is 1. The lowest BCUT2D eigenvalue weighted by molar-refractivity contribution is -0.114. The Balaban J connectivity index is 3.15. The third-order valence-corrected chi connectivity index (χ3v) is 1.96. The average molecular weight is 188 g/mol. The lowest BCUT2D eigenvalue weighted by Gasteiger charge is -2.07. The van der Waals surface area contributed by atoms with Gasteiger partial charge in [-0.3, -0.25) is 4.79 Å². The first-order chi connectivity index (χ1) is 6.54. The fourth-order valence-corrected chi connectivity index (χ4v) is 1.42. The van der Waals surface area contributed by atoms with Crippen molar-refractivity contribution in [3.63, 3.8) is 0 Å². The normalized spacial score (nSPS) is 9.29. The minimum atomic E-state index is -0.103. The van der Waals surface area contributed by atoms with Crippen LogP contribution < -0.4 is 5.32 Å². The summed E-state index contributed by atoms with van der Waals surface area (Å²) in [5.74, 6) is -0.103. The van der Waals surface area contributed by atoms with Crippen LogP contribution in [0.1, 0.15) is 23.6 Å². The van der Waals surface area contributed by atoms with Crippen molar-refractivity contribution >= 4 is 11.6 Å². The van der Waals surface area contributed by atoms with Crippen LogP contribution in [0.4, 0.5) is 5.69 Å². The van der Waals surface area contributed by atoms with Gasteiger partial charge in [-0.05, 0) is 37.1 Å². The van der Waals surface area contributed by atoms with Gasteiger partial charge in [0.1, 0.15) is 0 Å². The summed E-state index contributed by atoms with van der Waals surface area (Å²) < 4.78 is 0. The zero-order chi connectivity index (χ0) is 10.7. The highest BCUT2D eigenvalue weighted by Crippen LogP contribution is 2.19. The van der Waals surface area contributed by atoms with Crippen LogP contribution in [-0.4, -0.2) is 5.91 Å². The van der Waals surface area contributed by atoms with Crippen molar-refractivity contribution in [3.05, 3.63) is 28.8 Å². The van der Waals surface area contributed by atoms with E-state index in [4.69, 9.17) is 5.26 Å². The maximum absolute atomic E-state index is 10.8. The zero-order valence-electron chi connectivity index (χ0n) is 8.51. The lowest BCUT2D eigenvalue weighted by atomic mass is 10.0. The number of nitrogens with zero attached hydrogens (tertiary/aromatic N) is 1. The molecule has 0 bridgehead atoms. The van der Waals surface area contributed by atoms with Gasteiger partial charge in [-0.2, -0.15) is 5.26 Å². The van der Waals surface area contributed by atoms with Crippen LogP contribution in [0.3, 0.4) is 0 Å². The molecule has 0 fully saturated rings. The Morgan fingerprint density at radius 1 is 1.36 bits per heavy atom. The Labute approximate surface area is 83.4 Å². The Hall–Kier alpha value is -1.82. The number of hydrogen-bond acceptors (Lipinski definition) is 2. The summed E-state index contributed by atoms with van der Waals surface area (Å²) in [7, 11) is 0. The maximum Gasteiger partial charge on any atom is 0.221 e. The fraction of sp³-hybridized carbons (Fsp3) is 0.273. The highest BCUT2D eigenvalue weighted by molar-refractivity contribution is 5.89. The Bertz CT molecular complexity index is 393. The van der Waals surface area contributed by atoms with Crippen molar-refractivity contribution in [2.75, 3.05) is 5.32 Å². The molecule has 0 aliphatic heterocycles. The highest BCUT2D eigenvalue weighted by atomic mass is 16.1. The number of carbonyl (C=O) groups excluding carboxylic acids is 1. The van der Waals surface area contributed by atoms with Gasteiger partial charge in [0, 0.05) is 12.6 Å². The van der Waals surface area contributed by atoms with Crippen LogP contribution in [0, 0.1) is 25.2 Å². The molecule has 72 valence electrons. The van der Waals surface area contributed by atoms with E-state index in [0.717, 1.165) is 16.8 Å². The molecule has 0 aliphatic rings. The van der Waals surface area contributed by atoms with Crippen LogP contribution in [0.2, 0.25) is 0 Å². The topological polar surface area (TPSA) is 52.9 Å². The molecule has 0 aliphatic carbocycles. The number of aryl methyl sites for hydroxylation is 2. The molecule has 14 heavy (non-hydrogen) atoms. The largest absolute Gasteiger partial charge is 0.326 e. The first kappa shape index (κ1) is 10.3. The molecule has 0 heterocycles. The number of carbonyl (C=O) groups is 1. The Morgan fingerprint density at radius 2 is 1.86 bits per heavy atom. The summed E-state index contributed by atoms with van der Waals surface area (Å²) in [6, 6.07) is 5.73. The second-order valence-electron chi connectivity index (χ2n) is 3.28. The van der Waals surface area contributed by atoms with Gasteiger partial charge in [0.2, 0.25) is 5.91 Å². The van der Waals surface area contributed by atoms with Crippen molar-refractivity contribution in [1.82, 2.24) is 0 Å². The molecule has 3 nitrogen and oxygen atoms in total. The van der Waals surface area contributed by atoms with Gasteiger partial charge in [0.05, 0.1) is 11.6 Å². The molecule has 1 amide bonds. The SMILES string of the molecule is CC(=O)Nc1cc(C)c(C#N)c(C)c1. The molecule has 1 N–H and O–H groups in total. The summed E-state index contributed by atoms with van der Waals surface area (Å²) in [5.41, 5.74) is 3.19. The van der Waals surface area contributed by atoms with E-state index in [9.17, 15) is 4.79 Å². The number of rotatable bonds is 1. The number of hydrogen-bond donors (Lipinski definition) is 1. The van der Waals surface area contributed by atoms with Gasteiger partial charge in [-0.25, -0.2) is 0 Å². The van der Waals surface area contributed by atoms with Gasteiger partial charge in [-0.1, -0.05) is 0 Å². The zero-order valence-corrected chi connectivity index (χ0v) is 8.51. The van der Waals surface area contributed by atoms with E-state index in [1.54, 1.807) is 12.1 Å². The lowest BCUT2D eigenvalue weighted by Crippen LogP contribution is -2.06. The van der Waals surface area contributed by atoms with Crippen molar-refractivity contribution in [2.24, 2.45) is 0 Å². The standard InChI is InChI=1S/C11H12N2O/c1-7-4-10(13-9(3)14)5-8(2)11(7)6-12/h4-5H,1-3H3,(H,13,14). The van der Waals surface area contributed by atoms with Crippen molar-refractivity contribution in [2.45, 2.75) is 20.8 Å². The van der Waals surface area contributed by atoms with Crippen molar-refractivity contribution in [1.29, 1.82) is 5.26 Å². The minimum absolute atomic E-state index is 0.103. The predicted molar refractivity (Wildman–Crippen MR) is 54.9 cm³/mol. The van der Waals surface area contributed by atoms with Crippen molar-refractivity contribution in [3.8, 4) is 6.07 Å². The highest BCUT2D eigenvalue weighted by Gasteiger charge is 2.04. The molecular formula is C11H12N2O. The minimum Gasteiger partial charge on any atom is -0.326 e. The van der Waals surface area contributed by atoms with Crippen LogP contribution in [-0.2, 0) is 4.79 Å². The quantitative estimate of drug-likeness (QED) is 0.734. The van der Waals surface area contributed by atoms with Gasteiger partial charge in [0.25, 0.3) is 0 Å². The third-order valence-electron chi connectivity index (χ3n) is 1.96. The molecular weight excluding hydrogens is 176 g/mol. The van der Waals surface area contributed by atoms with Gasteiger partial charge < -0.3 is 5.32 Å². The molecule has 0 atom stereocenters. The van der Waals surface area contributed by atoms with Crippen LogP contribution in [0.5, 0.6) is 0 Å². The van der Waals surface area contributed by atoms with Crippen molar-refractivity contribution < 1.29 is 4.79 Å². The van der Waals surface area contributed by atoms with E-state index in [-0.39, 0.29) is 5.91 Å². The number of nitriles is 1. The number of benzene rings is 1.